The van der Waals surface area contributed by atoms with Gasteiger partial charge in [0.25, 0.3) is 5.91 Å². The van der Waals surface area contributed by atoms with Gasteiger partial charge in [-0.15, -0.1) is 0 Å². The number of aliphatic imine (C=N–C) groups is 1. The van der Waals surface area contributed by atoms with Crippen LogP contribution in [-0.4, -0.2) is 109 Å². The molecule has 0 aromatic heterocycles. The van der Waals surface area contributed by atoms with Gasteiger partial charge in [0.05, 0.1) is 17.2 Å². The van der Waals surface area contributed by atoms with E-state index >= 15 is 0 Å². The highest BCUT2D eigenvalue weighted by Crippen LogP contribution is 2.31. The molecule has 0 radical (unpaired) electrons. The fraction of sp³-hybridized carbons (Fsp3) is 0.480. The van der Waals surface area contributed by atoms with E-state index in [2.05, 4.69) is 16.9 Å². The Labute approximate surface area is 227 Å². The number of fused-ring (bicyclic) bond motifs is 1. The smallest absolute Gasteiger partial charge is 0.319 e. The van der Waals surface area contributed by atoms with Crippen LogP contribution in [-0.2, 0) is 26.1 Å². The number of aliphatic hydroxyl groups is 1. The van der Waals surface area contributed by atoms with E-state index in [4.69, 9.17) is 4.74 Å². The summed E-state index contributed by atoms with van der Waals surface area (Å²) in [5.41, 5.74) is -0.745. The van der Waals surface area contributed by atoms with E-state index in [0.29, 0.717) is 19.0 Å². The number of aliphatic hydroxyl groups excluding tert-OH is 1. The Hall–Kier alpha value is -3.49. The molecule has 3 heterocycles. The van der Waals surface area contributed by atoms with Crippen molar-refractivity contribution in [3.63, 3.8) is 0 Å². The first-order valence-electron chi connectivity index (χ1n) is 12.4. The number of nitrogens with zero attached hydrogens (tertiary/aromatic N) is 5. The largest absolute Gasteiger partial charge is 0.504 e. The van der Waals surface area contributed by atoms with Gasteiger partial charge in [0.15, 0.2) is 11.5 Å². The number of nitrogens with one attached hydrogen (secondary N) is 1. The summed E-state index contributed by atoms with van der Waals surface area (Å²) in [5.74, 6) is -1.49. The van der Waals surface area contributed by atoms with Crippen LogP contribution in [0.5, 0.6) is 0 Å². The van der Waals surface area contributed by atoms with Gasteiger partial charge in [-0.25, -0.2) is 22.6 Å². The van der Waals surface area contributed by atoms with Crippen LogP contribution in [0.25, 0.3) is 0 Å². The zero-order valence-electron chi connectivity index (χ0n) is 22.4. The lowest BCUT2D eigenvalue weighted by Crippen LogP contribution is -2.54. The number of amidine groups is 1. The first kappa shape index (κ1) is 28.5. The van der Waals surface area contributed by atoms with Crippen LogP contribution >= 0.6 is 0 Å². The SMILES string of the molecule is C=C1C(O)=C(C(=O)NCc2ccc(F)cc2S(=O)(=O)N2CCN(C(=O)N(C)C)CC2)N=C2N1CCOC2(C)C. The van der Waals surface area contributed by atoms with Crippen LogP contribution in [0.1, 0.15) is 19.4 Å². The molecule has 0 saturated carbocycles. The van der Waals surface area contributed by atoms with E-state index in [0.717, 1.165) is 12.1 Å². The molecule has 2 N–H and O–H groups in total. The summed E-state index contributed by atoms with van der Waals surface area (Å²) in [6.07, 6.45) is 0. The van der Waals surface area contributed by atoms with Gasteiger partial charge in [-0.2, -0.15) is 4.31 Å². The van der Waals surface area contributed by atoms with Crippen molar-refractivity contribution in [2.45, 2.75) is 30.9 Å². The summed E-state index contributed by atoms with van der Waals surface area (Å²) < 4.78 is 48.1. The second-order valence-corrected chi connectivity index (χ2v) is 12.0. The number of urea groups is 1. The first-order chi connectivity index (χ1) is 18.2. The molecule has 212 valence electrons. The summed E-state index contributed by atoms with van der Waals surface area (Å²) in [7, 11) is -0.915. The molecule has 0 bridgehead atoms. The van der Waals surface area contributed by atoms with Crippen LogP contribution in [0, 0.1) is 5.82 Å². The van der Waals surface area contributed by atoms with E-state index in [9.17, 15) is 27.5 Å². The minimum absolute atomic E-state index is 0.0406. The number of benzene rings is 1. The number of sulfonamides is 1. The van der Waals surface area contributed by atoms with Crippen LogP contribution in [0.2, 0.25) is 0 Å². The number of piperazine rings is 1. The lowest BCUT2D eigenvalue weighted by molar-refractivity contribution is -0.118. The molecule has 1 aromatic carbocycles. The Morgan fingerprint density at radius 1 is 1.21 bits per heavy atom. The van der Waals surface area contributed by atoms with E-state index in [1.165, 1.54) is 20.2 Å². The van der Waals surface area contributed by atoms with Crippen molar-refractivity contribution in [2.75, 3.05) is 53.4 Å². The van der Waals surface area contributed by atoms with Gasteiger partial charge < -0.3 is 29.9 Å². The molecular weight excluding hydrogens is 531 g/mol. The van der Waals surface area contributed by atoms with Gasteiger partial charge >= 0.3 is 6.03 Å². The second-order valence-electron chi connectivity index (χ2n) is 10.1. The Bertz CT molecular complexity index is 1360. The Morgan fingerprint density at radius 2 is 1.87 bits per heavy atom. The summed E-state index contributed by atoms with van der Waals surface area (Å²) in [6, 6.07) is 3.08. The van der Waals surface area contributed by atoms with Crippen molar-refractivity contribution >= 4 is 27.8 Å². The Balaban J connectivity index is 1.53. The summed E-state index contributed by atoms with van der Waals surface area (Å²) >= 11 is 0. The quantitative estimate of drug-likeness (QED) is 0.549. The number of ether oxygens (including phenoxy) is 1. The van der Waals surface area contributed by atoms with Crippen molar-refractivity contribution in [1.29, 1.82) is 0 Å². The molecule has 3 aliphatic heterocycles. The standard InChI is InChI=1S/C25H33FN6O6S/c1-16-21(33)20(28-23-25(2,3)38-13-12-32(16)23)22(34)27-15-17-6-7-18(26)14-19(17)39(36,37)31-10-8-30(9-11-31)24(35)29(4)5/h6-7,14,33H,1,8-13,15H2,2-5H3,(H,27,34). The minimum atomic E-state index is -4.14. The zero-order valence-corrected chi connectivity index (χ0v) is 23.2. The molecule has 4 rings (SSSR count). The molecule has 39 heavy (non-hydrogen) atoms. The number of morpholine rings is 1. The summed E-state index contributed by atoms with van der Waals surface area (Å²) in [4.78, 5) is 34.0. The minimum Gasteiger partial charge on any atom is -0.504 e. The molecule has 14 heteroatoms. The molecule has 2 saturated heterocycles. The fourth-order valence-electron chi connectivity index (χ4n) is 4.64. The highest BCUT2D eigenvalue weighted by atomic mass is 32.2. The molecule has 2 fully saturated rings. The van der Waals surface area contributed by atoms with Gasteiger partial charge in [-0.1, -0.05) is 12.6 Å². The van der Waals surface area contributed by atoms with Gasteiger partial charge in [0.1, 0.15) is 17.3 Å². The Kier molecular flexibility index (Phi) is 7.74. The maximum Gasteiger partial charge on any atom is 0.319 e. The predicted octanol–water partition coefficient (Wildman–Crippen LogP) is 1.24. The van der Waals surface area contributed by atoms with Gasteiger partial charge in [0, 0.05) is 53.4 Å². The average molecular weight is 565 g/mol. The highest BCUT2D eigenvalue weighted by Gasteiger charge is 2.41. The number of halogens is 1. The van der Waals surface area contributed by atoms with Gasteiger partial charge in [-0.3, -0.25) is 4.79 Å². The number of rotatable bonds is 5. The molecule has 3 aliphatic rings. The maximum atomic E-state index is 14.2. The molecule has 0 unspecified atom stereocenters. The van der Waals surface area contributed by atoms with Gasteiger partial charge in [-0.05, 0) is 31.5 Å². The summed E-state index contributed by atoms with van der Waals surface area (Å²) in [5, 5.41) is 13.2. The monoisotopic (exact) mass is 564 g/mol. The molecule has 0 atom stereocenters. The van der Waals surface area contributed by atoms with Crippen LogP contribution in [0.15, 0.2) is 51.8 Å². The molecule has 0 aliphatic carbocycles. The third kappa shape index (κ3) is 5.49. The molecular formula is C25H33FN6O6S. The third-order valence-electron chi connectivity index (χ3n) is 6.81. The number of carbonyl (C=O) groups excluding carboxylic acids is 2. The van der Waals surface area contributed by atoms with Crippen LogP contribution in [0.3, 0.4) is 0 Å². The number of hydrogen-bond acceptors (Lipinski definition) is 8. The van der Waals surface area contributed by atoms with Crippen molar-refractivity contribution in [2.24, 2.45) is 4.99 Å². The first-order valence-corrected chi connectivity index (χ1v) is 13.8. The lowest BCUT2D eigenvalue weighted by Gasteiger charge is -2.43. The fourth-order valence-corrected chi connectivity index (χ4v) is 6.30. The van der Waals surface area contributed by atoms with Crippen molar-refractivity contribution in [3.8, 4) is 0 Å². The molecule has 1 aromatic rings. The highest BCUT2D eigenvalue weighted by molar-refractivity contribution is 7.89. The average Bonchev–Trinajstić information content (AvgIpc) is 2.89. The number of carbonyl (C=O) groups is 2. The summed E-state index contributed by atoms with van der Waals surface area (Å²) in [6.45, 7) is 8.44. The predicted molar refractivity (Wildman–Crippen MR) is 141 cm³/mol. The van der Waals surface area contributed by atoms with E-state index < -0.39 is 33.1 Å². The van der Waals surface area contributed by atoms with Gasteiger partial charge in [0.2, 0.25) is 10.0 Å². The van der Waals surface area contributed by atoms with Crippen molar-refractivity contribution in [3.05, 3.63) is 53.3 Å². The van der Waals surface area contributed by atoms with Crippen LogP contribution < -0.4 is 5.32 Å². The third-order valence-corrected chi connectivity index (χ3v) is 8.79. The topological polar surface area (TPSA) is 135 Å². The van der Waals surface area contributed by atoms with E-state index in [1.54, 1.807) is 32.8 Å². The maximum absolute atomic E-state index is 14.2. The Morgan fingerprint density at radius 3 is 2.51 bits per heavy atom. The zero-order chi connectivity index (χ0) is 28.7. The molecule has 3 amide bonds. The number of amides is 3. The normalized spacial score (nSPS) is 19.9. The second kappa shape index (κ2) is 10.6. The van der Waals surface area contributed by atoms with E-state index in [1.807, 2.05) is 0 Å². The van der Waals surface area contributed by atoms with Crippen LogP contribution in [0.4, 0.5) is 9.18 Å². The van der Waals surface area contributed by atoms with Crippen molar-refractivity contribution in [1.82, 2.24) is 24.3 Å². The number of hydrogen-bond donors (Lipinski definition) is 2. The lowest BCUT2D eigenvalue weighted by atomic mass is 10.0. The molecule has 0 spiro atoms. The molecule has 12 nitrogen and oxygen atoms in total. The van der Waals surface area contributed by atoms with E-state index in [-0.39, 0.29) is 60.6 Å². The van der Waals surface area contributed by atoms with Crippen molar-refractivity contribution < 1.29 is 32.2 Å².